The second kappa shape index (κ2) is 5.39. The van der Waals surface area contributed by atoms with Crippen LogP contribution >= 0.6 is 31.9 Å². The van der Waals surface area contributed by atoms with Crippen molar-refractivity contribution in [3.8, 4) is 0 Å². The van der Waals surface area contributed by atoms with Crippen LogP contribution in [0, 0.1) is 0 Å². The van der Waals surface area contributed by atoms with Crippen molar-refractivity contribution in [1.29, 1.82) is 0 Å². The molecular weight excluding hydrogens is 368 g/mol. The molecule has 0 aromatic heterocycles. The highest BCUT2D eigenvalue weighted by atomic mass is 79.9. The summed E-state index contributed by atoms with van der Waals surface area (Å²) in [5.41, 5.74) is 4.71. The van der Waals surface area contributed by atoms with Crippen LogP contribution < -0.4 is 0 Å². The first kappa shape index (κ1) is 13.3. The largest absolute Gasteiger partial charge is 0.384 e. The van der Waals surface area contributed by atoms with E-state index in [2.05, 4.69) is 44.0 Å². The molecule has 0 amide bonds. The highest BCUT2D eigenvalue weighted by Gasteiger charge is 2.16. The van der Waals surface area contributed by atoms with E-state index in [1.54, 1.807) is 0 Å². The van der Waals surface area contributed by atoms with Crippen LogP contribution in [0.25, 0.3) is 0 Å². The predicted octanol–water partition coefficient (Wildman–Crippen LogP) is 4.78. The molecule has 1 aliphatic rings. The van der Waals surface area contributed by atoms with Gasteiger partial charge in [-0.25, -0.2) is 0 Å². The Labute approximate surface area is 129 Å². The summed E-state index contributed by atoms with van der Waals surface area (Å²) < 4.78 is 1.94. The third-order valence-corrected chi connectivity index (χ3v) is 4.55. The van der Waals surface area contributed by atoms with Gasteiger partial charge in [0.2, 0.25) is 0 Å². The molecule has 0 bridgehead atoms. The second-order valence-electron chi connectivity index (χ2n) is 4.99. The third-order valence-electron chi connectivity index (χ3n) is 3.64. The number of benzene rings is 2. The first-order valence-corrected chi connectivity index (χ1v) is 7.98. The van der Waals surface area contributed by atoms with Crippen molar-refractivity contribution >= 4 is 31.9 Å². The van der Waals surface area contributed by atoms with Gasteiger partial charge in [-0.2, -0.15) is 0 Å². The van der Waals surface area contributed by atoms with Crippen LogP contribution in [0.2, 0.25) is 0 Å². The molecule has 1 atom stereocenters. The summed E-state index contributed by atoms with van der Waals surface area (Å²) in [6.45, 7) is 0. The summed E-state index contributed by atoms with van der Waals surface area (Å²) in [6.07, 6.45) is 2.98. The second-order valence-corrected chi connectivity index (χ2v) is 6.82. The van der Waals surface area contributed by atoms with Crippen LogP contribution in [-0.2, 0) is 12.8 Å². The van der Waals surface area contributed by atoms with Crippen LogP contribution in [0.5, 0.6) is 0 Å². The molecule has 0 aliphatic heterocycles. The minimum absolute atomic E-state index is 0.570. The quantitative estimate of drug-likeness (QED) is 0.793. The van der Waals surface area contributed by atoms with Crippen LogP contribution in [0.3, 0.4) is 0 Å². The molecule has 1 N–H and O–H groups in total. The fourth-order valence-electron chi connectivity index (χ4n) is 2.69. The van der Waals surface area contributed by atoms with Crippen molar-refractivity contribution < 1.29 is 5.11 Å². The Hall–Kier alpha value is -0.640. The topological polar surface area (TPSA) is 20.2 Å². The SMILES string of the molecule is OC(c1cc(Br)cc(Br)c1)c1ccc2c(c1)CCC2. The lowest BCUT2D eigenvalue weighted by atomic mass is 9.98. The van der Waals surface area contributed by atoms with Gasteiger partial charge in [0.15, 0.2) is 0 Å². The molecule has 0 heterocycles. The Balaban J connectivity index is 1.97. The average molecular weight is 382 g/mol. The van der Waals surface area contributed by atoms with Crippen molar-refractivity contribution in [3.05, 3.63) is 67.6 Å². The van der Waals surface area contributed by atoms with E-state index in [0.29, 0.717) is 0 Å². The first-order valence-electron chi connectivity index (χ1n) is 6.39. The number of aryl methyl sites for hydroxylation is 2. The lowest BCUT2D eigenvalue weighted by Gasteiger charge is -2.14. The smallest absolute Gasteiger partial charge is 0.104 e. The molecule has 3 rings (SSSR count). The number of halogens is 2. The third kappa shape index (κ3) is 2.78. The molecule has 19 heavy (non-hydrogen) atoms. The van der Waals surface area contributed by atoms with Crippen molar-refractivity contribution in [3.63, 3.8) is 0 Å². The van der Waals surface area contributed by atoms with Crippen LogP contribution in [0.15, 0.2) is 45.3 Å². The van der Waals surface area contributed by atoms with Crippen molar-refractivity contribution in [2.75, 3.05) is 0 Å². The summed E-state index contributed by atoms with van der Waals surface area (Å²) in [6, 6.07) is 12.3. The molecule has 1 unspecified atom stereocenters. The van der Waals surface area contributed by atoms with E-state index >= 15 is 0 Å². The minimum Gasteiger partial charge on any atom is -0.384 e. The van der Waals surface area contributed by atoms with E-state index < -0.39 is 6.10 Å². The molecule has 2 aromatic rings. The van der Waals surface area contributed by atoms with Crippen LogP contribution in [-0.4, -0.2) is 5.11 Å². The van der Waals surface area contributed by atoms with Gasteiger partial charge in [0, 0.05) is 8.95 Å². The summed E-state index contributed by atoms with van der Waals surface area (Å²) in [4.78, 5) is 0. The normalized spacial score (nSPS) is 15.3. The maximum absolute atomic E-state index is 10.5. The highest BCUT2D eigenvalue weighted by Crippen LogP contribution is 2.31. The van der Waals surface area contributed by atoms with E-state index in [9.17, 15) is 5.11 Å². The molecule has 0 saturated heterocycles. The van der Waals surface area contributed by atoms with E-state index in [-0.39, 0.29) is 0 Å². The molecule has 3 heteroatoms. The zero-order valence-corrected chi connectivity index (χ0v) is 13.5. The van der Waals surface area contributed by atoms with Crippen molar-refractivity contribution in [2.24, 2.45) is 0 Å². The number of hydrogen-bond donors (Lipinski definition) is 1. The monoisotopic (exact) mass is 380 g/mol. The van der Waals surface area contributed by atoms with E-state index in [1.807, 2.05) is 24.3 Å². The summed E-state index contributed by atoms with van der Waals surface area (Å²) >= 11 is 6.92. The number of aliphatic hydroxyl groups is 1. The maximum atomic E-state index is 10.5. The molecule has 0 fully saturated rings. The molecular formula is C16H14Br2O. The van der Waals surface area contributed by atoms with E-state index in [0.717, 1.165) is 26.5 Å². The number of rotatable bonds is 2. The molecule has 0 radical (unpaired) electrons. The predicted molar refractivity (Wildman–Crippen MR) is 84.4 cm³/mol. The Morgan fingerprint density at radius 2 is 1.53 bits per heavy atom. The van der Waals surface area contributed by atoms with E-state index in [4.69, 9.17) is 0 Å². The number of fused-ring (bicyclic) bond motifs is 1. The fourth-order valence-corrected chi connectivity index (χ4v) is 4.02. The molecule has 98 valence electrons. The molecule has 1 nitrogen and oxygen atoms in total. The van der Waals surface area contributed by atoms with Gasteiger partial charge in [0.05, 0.1) is 0 Å². The minimum atomic E-state index is -0.570. The van der Waals surface area contributed by atoms with Gasteiger partial charge in [-0.1, -0.05) is 50.1 Å². The van der Waals surface area contributed by atoms with Gasteiger partial charge in [0.1, 0.15) is 6.10 Å². The Bertz CT molecular complexity index is 602. The van der Waals surface area contributed by atoms with Gasteiger partial charge in [0.25, 0.3) is 0 Å². The number of hydrogen-bond acceptors (Lipinski definition) is 1. The van der Waals surface area contributed by atoms with Gasteiger partial charge in [-0.05, 0) is 59.7 Å². The lowest BCUT2D eigenvalue weighted by Crippen LogP contribution is -2.01. The van der Waals surface area contributed by atoms with Gasteiger partial charge < -0.3 is 5.11 Å². The van der Waals surface area contributed by atoms with Gasteiger partial charge >= 0.3 is 0 Å². The summed E-state index contributed by atoms with van der Waals surface area (Å²) in [7, 11) is 0. The molecule has 0 saturated carbocycles. The summed E-state index contributed by atoms with van der Waals surface area (Å²) in [5, 5.41) is 10.5. The van der Waals surface area contributed by atoms with Crippen molar-refractivity contribution in [1.82, 2.24) is 0 Å². The lowest BCUT2D eigenvalue weighted by molar-refractivity contribution is 0.220. The molecule has 0 spiro atoms. The fraction of sp³-hybridized carbons (Fsp3) is 0.250. The maximum Gasteiger partial charge on any atom is 0.104 e. The Morgan fingerprint density at radius 1 is 0.842 bits per heavy atom. The molecule has 2 aromatic carbocycles. The average Bonchev–Trinajstić information content (AvgIpc) is 2.83. The van der Waals surface area contributed by atoms with Crippen LogP contribution in [0.4, 0.5) is 0 Å². The van der Waals surface area contributed by atoms with Crippen LogP contribution in [0.1, 0.15) is 34.8 Å². The first-order chi connectivity index (χ1) is 9.13. The van der Waals surface area contributed by atoms with Gasteiger partial charge in [-0.3, -0.25) is 0 Å². The van der Waals surface area contributed by atoms with Crippen molar-refractivity contribution in [2.45, 2.75) is 25.4 Å². The highest BCUT2D eigenvalue weighted by molar-refractivity contribution is 9.11. The summed E-state index contributed by atoms with van der Waals surface area (Å²) in [5.74, 6) is 0. The zero-order valence-electron chi connectivity index (χ0n) is 10.4. The Kier molecular flexibility index (Phi) is 3.79. The Morgan fingerprint density at radius 3 is 2.26 bits per heavy atom. The number of aliphatic hydroxyl groups excluding tert-OH is 1. The zero-order chi connectivity index (χ0) is 13.4. The molecule has 1 aliphatic carbocycles. The van der Waals surface area contributed by atoms with Gasteiger partial charge in [-0.15, -0.1) is 0 Å². The standard InChI is InChI=1S/C16H14Br2O/c17-14-7-13(8-15(18)9-14)16(19)12-5-4-10-2-1-3-11(10)6-12/h4-9,16,19H,1-3H2. The van der Waals surface area contributed by atoms with E-state index in [1.165, 1.54) is 24.0 Å².